The standard InChI is InChI=1S/C20H27NO/c1-5-20(3,4)17-8-12-19(13-9-17)22-15-14-21-18-10-6-16(2)7-11-18/h6-13,21H,5,14-15H2,1-4H3. The first-order valence-electron chi connectivity index (χ1n) is 8.05. The molecule has 0 amide bonds. The van der Waals surface area contributed by atoms with Crippen LogP contribution in [0.25, 0.3) is 0 Å². The Hall–Kier alpha value is -1.96. The Morgan fingerprint density at radius 1 is 0.955 bits per heavy atom. The average molecular weight is 297 g/mol. The van der Waals surface area contributed by atoms with Gasteiger partial charge in [-0.15, -0.1) is 0 Å². The summed E-state index contributed by atoms with van der Waals surface area (Å²) in [6.45, 7) is 10.3. The molecule has 0 aliphatic carbocycles. The largest absolute Gasteiger partial charge is 0.492 e. The van der Waals surface area contributed by atoms with Crippen LogP contribution in [-0.2, 0) is 5.41 Å². The molecule has 0 aliphatic heterocycles. The van der Waals surface area contributed by atoms with Gasteiger partial charge in [0, 0.05) is 12.2 Å². The van der Waals surface area contributed by atoms with Crippen molar-refractivity contribution < 1.29 is 4.74 Å². The van der Waals surface area contributed by atoms with Crippen molar-refractivity contribution in [2.24, 2.45) is 0 Å². The Kier molecular flexibility index (Phi) is 5.48. The second-order valence-electron chi connectivity index (χ2n) is 6.40. The predicted molar refractivity (Wildman–Crippen MR) is 94.9 cm³/mol. The molecule has 2 aromatic rings. The van der Waals surface area contributed by atoms with E-state index in [1.165, 1.54) is 11.1 Å². The van der Waals surface area contributed by atoms with E-state index in [-0.39, 0.29) is 5.41 Å². The molecule has 1 N–H and O–H groups in total. The number of ether oxygens (including phenoxy) is 1. The van der Waals surface area contributed by atoms with Crippen LogP contribution >= 0.6 is 0 Å². The van der Waals surface area contributed by atoms with E-state index in [1.54, 1.807) is 0 Å². The molecule has 2 nitrogen and oxygen atoms in total. The molecule has 2 rings (SSSR count). The lowest BCUT2D eigenvalue weighted by Gasteiger charge is -2.23. The summed E-state index contributed by atoms with van der Waals surface area (Å²) in [6, 6.07) is 16.9. The van der Waals surface area contributed by atoms with Crippen LogP contribution in [0.3, 0.4) is 0 Å². The third kappa shape index (κ3) is 4.52. The van der Waals surface area contributed by atoms with Crippen molar-refractivity contribution in [2.75, 3.05) is 18.5 Å². The second-order valence-corrected chi connectivity index (χ2v) is 6.40. The van der Waals surface area contributed by atoms with E-state index in [9.17, 15) is 0 Å². The summed E-state index contributed by atoms with van der Waals surface area (Å²) >= 11 is 0. The first-order valence-corrected chi connectivity index (χ1v) is 8.05. The van der Waals surface area contributed by atoms with Gasteiger partial charge in [-0.1, -0.05) is 50.6 Å². The molecule has 0 atom stereocenters. The maximum atomic E-state index is 5.79. The van der Waals surface area contributed by atoms with Crippen molar-refractivity contribution in [1.29, 1.82) is 0 Å². The molecule has 0 bridgehead atoms. The van der Waals surface area contributed by atoms with E-state index >= 15 is 0 Å². The Balaban J connectivity index is 1.78. The molecule has 0 saturated carbocycles. The van der Waals surface area contributed by atoms with Crippen LogP contribution in [0.4, 0.5) is 5.69 Å². The van der Waals surface area contributed by atoms with Crippen LogP contribution in [0.1, 0.15) is 38.3 Å². The SMILES string of the molecule is CCC(C)(C)c1ccc(OCCNc2ccc(C)cc2)cc1. The molecule has 118 valence electrons. The Bertz CT molecular complexity index is 570. The number of anilines is 1. The smallest absolute Gasteiger partial charge is 0.119 e. The summed E-state index contributed by atoms with van der Waals surface area (Å²) in [6.07, 6.45) is 1.13. The minimum Gasteiger partial charge on any atom is -0.492 e. The van der Waals surface area contributed by atoms with E-state index in [4.69, 9.17) is 4.74 Å². The van der Waals surface area contributed by atoms with Crippen LogP contribution < -0.4 is 10.1 Å². The fraction of sp³-hybridized carbons (Fsp3) is 0.400. The lowest BCUT2D eigenvalue weighted by Crippen LogP contribution is -2.15. The fourth-order valence-corrected chi connectivity index (χ4v) is 2.24. The van der Waals surface area contributed by atoms with Crippen LogP contribution in [0.5, 0.6) is 5.75 Å². The number of hydrogen-bond donors (Lipinski definition) is 1. The second kappa shape index (κ2) is 7.35. The first kappa shape index (κ1) is 16.4. The molecule has 0 saturated heterocycles. The van der Waals surface area contributed by atoms with Gasteiger partial charge in [0.1, 0.15) is 12.4 Å². The summed E-state index contributed by atoms with van der Waals surface area (Å²) in [5, 5.41) is 3.36. The van der Waals surface area contributed by atoms with Gasteiger partial charge in [0.25, 0.3) is 0 Å². The van der Waals surface area contributed by atoms with Crippen LogP contribution in [0, 0.1) is 6.92 Å². The molecule has 2 heteroatoms. The van der Waals surface area contributed by atoms with Crippen molar-refractivity contribution in [3.8, 4) is 5.75 Å². The highest BCUT2D eigenvalue weighted by molar-refractivity contribution is 5.44. The zero-order valence-corrected chi connectivity index (χ0v) is 14.1. The lowest BCUT2D eigenvalue weighted by atomic mass is 9.82. The zero-order chi connectivity index (χ0) is 16.0. The number of aryl methyl sites for hydroxylation is 1. The predicted octanol–water partition coefficient (Wildman–Crippen LogP) is 5.17. The first-order chi connectivity index (χ1) is 10.5. The molecule has 0 aromatic heterocycles. The highest BCUT2D eigenvalue weighted by Crippen LogP contribution is 2.27. The highest BCUT2D eigenvalue weighted by atomic mass is 16.5. The van der Waals surface area contributed by atoms with E-state index in [0.29, 0.717) is 6.61 Å². The Labute approximate surface area is 134 Å². The van der Waals surface area contributed by atoms with Crippen molar-refractivity contribution in [1.82, 2.24) is 0 Å². The normalized spacial score (nSPS) is 11.3. The Morgan fingerprint density at radius 2 is 1.59 bits per heavy atom. The van der Waals surface area contributed by atoms with Gasteiger partial charge in [0.05, 0.1) is 0 Å². The average Bonchev–Trinajstić information content (AvgIpc) is 2.54. The maximum Gasteiger partial charge on any atom is 0.119 e. The molecule has 0 spiro atoms. The topological polar surface area (TPSA) is 21.3 Å². The number of rotatable bonds is 7. The van der Waals surface area contributed by atoms with Crippen LogP contribution in [0.15, 0.2) is 48.5 Å². The molecule has 0 aliphatic rings. The molecule has 2 aromatic carbocycles. The molecule has 22 heavy (non-hydrogen) atoms. The fourth-order valence-electron chi connectivity index (χ4n) is 2.24. The van der Waals surface area contributed by atoms with E-state index in [1.807, 2.05) is 0 Å². The molecular weight excluding hydrogens is 270 g/mol. The molecule has 0 radical (unpaired) electrons. The summed E-state index contributed by atoms with van der Waals surface area (Å²) in [5.74, 6) is 0.932. The third-order valence-corrected chi connectivity index (χ3v) is 4.27. The monoisotopic (exact) mass is 297 g/mol. The van der Waals surface area contributed by atoms with Crippen LogP contribution in [-0.4, -0.2) is 13.2 Å². The minimum absolute atomic E-state index is 0.228. The van der Waals surface area contributed by atoms with Crippen molar-refractivity contribution in [2.45, 2.75) is 39.5 Å². The summed E-state index contributed by atoms with van der Waals surface area (Å²) < 4.78 is 5.79. The van der Waals surface area contributed by atoms with Gasteiger partial charge in [-0.2, -0.15) is 0 Å². The summed E-state index contributed by atoms with van der Waals surface area (Å²) in [4.78, 5) is 0. The molecule has 0 fully saturated rings. The molecule has 0 unspecified atom stereocenters. The van der Waals surface area contributed by atoms with Gasteiger partial charge in [-0.3, -0.25) is 0 Å². The minimum atomic E-state index is 0.228. The number of hydrogen-bond acceptors (Lipinski definition) is 2. The highest BCUT2D eigenvalue weighted by Gasteiger charge is 2.17. The van der Waals surface area contributed by atoms with E-state index in [2.05, 4.69) is 81.5 Å². The summed E-state index contributed by atoms with van der Waals surface area (Å²) in [7, 11) is 0. The number of nitrogens with one attached hydrogen (secondary N) is 1. The van der Waals surface area contributed by atoms with Crippen molar-refractivity contribution >= 4 is 5.69 Å². The molecular formula is C20H27NO. The van der Waals surface area contributed by atoms with Gasteiger partial charge in [0.15, 0.2) is 0 Å². The van der Waals surface area contributed by atoms with Crippen LogP contribution in [0.2, 0.25) is 0 Å². The van der Waals surface area contributed by atoms with Gasteiger partial charge < -0.3 is 10.1 Å². The van der Waals surface area contributed by atoms with Gasteiger partial charge in [-0.05, 0) is 48.6 Å². The maximum absolute atomic E-state index is 5.79. The van der Waals surface area contributed by atoms with Crippen molar-refractivity contribution in [3.05, 3.63) is 59.7 Å². The Morgan fingerprint density at radius 3 is 2.18 bits per heavy atom. The van der Waals surface area contributed by atoms with Gasteiger partial charge >= 0.3 is 0 Å². The third-order valence-electron chi connectivity index (χ3n) is 4.27. The van der Waals surface area contributed by atoms with E-state index < -0.39 is 0 Å². The quantitative estimate of drug-likeness (QED) is 0.712. The van der Waals surface area contributed by atoms with E-state index in [0.717, 1.165) is 24.4 Å². The molecule has 0 heterocycles. The summed E-state index contributed by atoms with van der Waals surface area (Å²) in [5.41, 5.74) is 4.00. The lowest BCUT2D eigenvalue weighted by molar-refractivity contribution is 0.332. The van der Waals surface area contributed by atoms with Crippen molar-refractivity contribution in [3.63, 3.8) is 0 Å². The zero-order valence-electron chi connectivity index (χ0n) is 14.1. The number of benzene rings is 2. The van der Waals surface area contributed by atoms with Gasteiger partial charge in [0.2, 0.25) is 0 Å². The van der Waals surface area contributed by atoms with Gasteiger partial charge in [-0.25, -0.2) is 0 Å².